The zero-order valence-electron chi connectivity index (χ0n) is 9.61. The van der Waals surface area contributed by atoms with Gasteiger partial charge in [0.1, 0.15) is 0 Å². The second-order valence-electron chi connectivity index (χ2n) is 5.56. The van der Waals surface area contributed by atoms with Crippen LogP contribution in [0, 0.1) is 23.7 Å². The van der Waals surface area contributed by atoms with Crippen molar-refractivity contribution in [2.45, 2.75) is 33.3 Å². The van der Waals surface area contributed by atoms with E-state index < -0.39 is 0 Å². The van der Waals surface area contributed by atoms with Crippen molar-refractivity contribution in [1.82, 2.24) is 4.90 Å². The monoisotopic (exact) mass is 197 g/mol. The second kappa shape index (κ2) is 3.82. The second-order valence-corrected chi connectivity index (χ2v) is 5.56. The molecule has 0 bridgehead atoms. The lowest BCUT2D eigenvalue weighted by atomic mass is 9.91. The summed E-state index contributed by atoms with van der Waals surface area (Å²) in [4.78, 5) is 2.45. The minimum Gasteiger partial charge on any atom is -0.392 e. The molecule has 1 saturated carbocycles. The van der Waals surface area contributed by atoms with E-state index in [1.165, 1.54) is 19.5 Å². The van der Waals surface area contributed by atoms with E-state index in [1.54, 1.807) is 0 Å². The Morgan fingerprint density at radius 3 is 2.64 bits per heavy atom. The Hall–Kier alpha value is -0.0800. The highest BCUT2D eigenvalue weighted by Crippen LogP contribution is 2.45. The van der Waals surface area contributed by atoms with Gasteiger partial charge in [-0.1, -0.05) is 13.8 Å². The topological polar surface area (TPSA) is 23.5 Å². The van der Waals surface area contributed by atoms with Gasteiger partial charge < -0.3 is 10.0 Å². The lowest BCUT2D eigenvalue weighted by Crippen LogP contribution is -2.30. The summed E-state index contributed by atoms with van der Waals surface area (Å²) in [7, 11) is 0. The maximum atomic E-state index is 9.35. The van der Waals surface area contributed by atoms with Gasteiger partial charge in [-0.15, -0.1) is 0 Å². The number of fused-ring (bicyclic) bond motifs is 1. The van der Waals surface area contributed by atoms with Crippen LogP contribution in [0.5, 0.6) is 0 Å². The lowest BCUT2D eigenvalue weighted by molar-refractivity contribution is 0.132. The summed E-state index contributed by atoms with van der Waals surface area (Å²) in [5, 5.41) is 9.35. The van der Waals surface area contributed by atoms with E-state index in [2.05, 4.69) is 18.7 Å². The van der Waals surface area contributed by atoms with Crippen LogP contribution >= 0.6 is 0 Å². The average molecular weight is 197 g/mol. The molecule has 0 spiro atoms. The first-order valence-corrected chi connectivity index (χ1v) is 5.98. The van der Waals surface area contributed by atoms with Gasteiger partial charge in [0.15, 0.2) is 0 Å². The average Bonchev–Trinajstić information content (AvgIpc) is 2.54. The zero-order valence-corrected chi connectivity index (χ0v) is 9.61. The number of likely N-dealkylation sites (tertiary alicyclic amines) is 1. The first kappa shape index (κ1) is 10.4. The van der Waals surface area contributed by atoms with Gasteiger partial charge in [0.25, 0.3) is 0 Å². The molecule has 0 aromatic heterocycles. The molecule has 82 valence electrons. The highest BCUT2D eigenvalue weighted by molar-refractivity contribution is 4.94. The molecule has 14 heavy (non-hydrogen) atoms. The molecule has 2 rings (SSSR count). The zero-order chi connectivity index (χ0) is 10.3. The predicted molar refractivity (Wildman–Crippen MR) is 58.0 cm³/mol. The Morgan fingerprint density at radius 1 is 1.36 bits per heavy atom. The molecule has 2 fully saturated rings. The number of aliphatic hydroxyl groups is 1. The van der Waals surface area contributed by atoms with Gasteiger partial charge in [0.2, 0.25) is 0 Å². The fourth-order valence-electron chi connectivity index (χ4n) is 3.47. The molecule has 2 aliphatic rings. The van der Waals surface area contributed by atoms with E-state index in [1.807, 2.05) is 6.92 Å². The van der Waals surface area contributed by atoms with Crippen LogP contribution in [0.2, 0.25) is 0 Å². The molecule has 0 radical (unpaired) electrons. The maximum Gasteiger partial charge on any atom is 0.0639 e. The summed E-state index contributed by atoms with van der Waals surface area (Å²) >= 11 is 0. The summed E-state index contributed by atoms with van der Waals surface area (Å²) in [5.74, 6) is 3.63. The SMILES string of the molecule is CC(O)CN1CC2CC(C)C(C)C2C1. The molecular weight excluding hydrogens is 174 g/mol. The van der Waals surface area contributed by atoms with Gasteiger partial charge in [-0.2, -0.15) is 0 Å². The molecule has 1 aliphatic heterocycles. The fraction of sp³-hybridized carbons (Fsp3) is 1.00. The van der Waals surface area contributed by atoms with Crippen molar-refractivity contribution in [1.29, 1.82) is 0 Å². The summed E-state index contributed by atoms with van der Waals surface area (Å²) < 4.78 is 0. The fourth-order valence-corrected chi connectivity index (χ4v) is 3.47. The Balaban J connectivity index is 1.91. The van der Waals surface area contributed by atoms with E-state index in [-0.39, 0.29) is 6.10 Å². The van der Waals surface area contributed by atoms with E-state index in [0.717, 1.165) is 30.2 Å². The smallest absolute Gasteiger partial charge is 0.0639 e. The highest BCUT2D eigenvalue weighted by atomic mass is 16.3. The lowest BCUT2D eigenvalue weighted by Gasteiger charge is -2.21. The van der Waals surface area contributed by atoms with Crippen LogP contribution in [0.25, 0.3) is 0 Å². The molecule has 1 saturated heterocycles. The molecule has 0 aromatic carbocycles. The third kappa shape index (κ3) is 1.82. The standard InChI is InChI=1S/C12H23NO/c1-8-4-11-6-13(5-9(2)14)7-12(11)10(8)3/h8-12,14H,4-7H2,1-3H3. The number of hydrogen-bond acceptors (Lipinski definition) is 2. The normalized spacial score (nSPS) is 45.4. The van der Waals surface area contributed by atoms with Gasteiger partial charge in [-0.3, -0.25) is 0 Å². The van der Waals surface area contributed by atoms with E-state index in [9.17, 15) is 5.11 Å². The van der Waals surface area contributed by atoms with Crippen molar-refractivity contribution in [3.8, 4) is 0 Å². The summed E-state index contributed by atoms with van der Waals surface area (Å²) in [6, 6.07) is 0. The Bertz CT molecular complexity index is 204. The molecule has 1 aliphatic carbocycles. The minimum atomic E-state index is -0.165. The third-order valence-corrected chi connectivity index (χ3v) is 4.34. The number of hydrogen-bond donors (Lipinski definition) is 1. The Kier molecular flexibility index (Phi) is 2.85. The summed E-state index contributed by atoms with van der Waals surface area (Å²) in [5.41, 5.74) is 0. The van der Waals surface area contributed by atoms with Gasteiger partial charge in [-0.25, -0.2) is 0 Å². The van der Waals surface area contributed by atoms with Crippen molar-refractivity contribution < 1.29 is 5.11 Å². The molecule has 1 heterocycles. The van der Waals surface area contributed by atoms with Crippen LogP contribution in [-0.2, 0) is 0 Å². The van der Waals surface area contributed by atoms with Gasteiger partial charge in [-0.05, 0) is 37.0 Å². The highest BCUT2D eigenvalue weighted by Gasteiger charge is 2.43. The molecule has 5 unspecified atom stereocenters. The van der Waals surface area contributed by atoms with E-state index >= 15 is 0 Å². The van der Waals surface area contributed by atoms with E-state index in [0.29, 0.717) is 0 Å². The number of β-amino-alcohol motifs (C(OH)–C–C–N with tert-alkyl or cyclic N) is 1. The van der Waals surface area contributed by atoms with Crippen molar-refractivity contribution >= 4 is 0 Å². The van der Waals surface area contributed by atoms with E-state index in [4.69, 9.17) is 0 Å². The molecule has 0 amide bonds. The molecule has 2 heteroatoms. The quantitative estimate of drug-likeness (QED) is 0.726. The molecular formula is C12H23NO. The first-order chi connectivity index (χ1) is 6.58. The van der Waals surface area contributed by atoms with Crippen LogP contribution in [0.15, 0.2) is 0 Å². The minimum absolute atomic E-state index is 0.165. The van der Waals surface area contributed by atoms with Gasteiger partial charge in [0, 0.05) is 19.6 Å². The third-order valence-electron chi connectivity index (χ3n) is 4.34. The molecule has 2 nitrogen and oxygen atoms in total. The maximum absolute atomic E-state index is 9.35. The molecule has 0 aromatic rings. The van der Waals surface area contributed by atoms with Crippen molar-refractivity contribution in [2.24, 2.45) is 23.7 Å². The Labute approximate surface area is 87.3 Å². The molecule has 1 N–H and O–H groups in total. The molecule has 5 atom stereocenters. The van der Waals surface area contributed by atoms with Crippen LogP contribution in [0.3, 0.4) is 0 Å². The Morgan fingerprint density at radius 2 is 2.07 bits per heavy atom. The number of rotatable bonds is 2. The van der Waals surface area contributed by atoms with Crippen LogP contribution in [0.4, 0.5) is 0 Å². The number of aliphatic hydroxyl groups excluding tert-OH is 1. The van der Waals surface area contributed by atoms with Crippen molar-refractivity contribution in [2.75, 3.05) is 19.6 Å². The van der Waals surface area contributed by atoms with Crippen molar-refractivity contribution in [3.05, 3.63) is 0 Å². The van der Waals surface area contributed by atoms with Crippen LogP contribution < -0.4 is 0 Å². The van der Waals surface area contributed by atoms with Gasteiger partial charge >= 0.3 is 0 Å². The summed E-state index contributed by atoms with van der Waals surface area (Å²) in [6.07, 6.45) is 1.24. The van der Waals surface area contributed by atoms with Gasteiger partial charge in [0.05, 0.1) is 6.10 Å². The first-order valence-electron chi connectivity index (χ1n) is 5.98. The summed E-state index contributed by atoms with van der Waals surface area (Å²) in [6.45, 7) is 10.0. The number of nitrogens with zero attached hydrogens (tertiary/aromatic N) is 1. The predicted octanol–water partition coefficient (Wildman–Crippen LogP) is 1.59. The van der Waals surface area contributed by atoms with Crippen molar-refractivity contribution in [3.63, 3.8) is 0 Å². The van der Waals surface area contributed by atoms with Crippen LogP contribution in [-0.4, -0.2) is 35.7 Å². The van der Waals surface area contributed by atoms with Crippen LogP contribution in [0.1, 0.15) is 27.2 Å². The largest absolute Gasteiger partial charge is 0.392 e.